The fourth-order valence-corrected chi connectivity index (χ4v) is 1.56. The van der Waals surface area contributed by atoms with Crippen LogP contribution >= 0.6 is 12.4 Å². The second-order valence-electron chi connectivity index (χ2n) is 4.98. The molecule has 0 spiro atoms. The third-order valence-corrected chi connectivity index (χ3v) is 2.93. The smallest absolute Gasteiger partial charge is 0.220 e. The summed E-state index contributed by atoms with van der Waals surface area (Å²) in [6.07, 6.45) is 0. The Morgan fingerprint density at radius 2 is 0.621 bits per heavy atom. The molecule has 0 atom stereocenters. The molecule has 0 heterocycles. The highest BCUT2D eigenvalue weighted by molar-refractivity contribution is 5.85. The van der Waals surface area contributed by atoms with Crippen LogP contribution in [0.3, 0.4) is 0 Å². The maximum absolute atomic E-state index is 10.6. The molecule has 3 N–H and O–H groups in total. The molecule has 3 aromatic carbocycles. The summed E-state index contributed by atoms with van der Waals surface area (Å²) < 4.78 is 0. The summed E-state index contributed by atoms with van der Waals surface area (Å²) >= 11 is 0. The zero-order valence-corrected chi connectivity index (χ0v) is 15.5. The monoisotopic (exact) mass is 434 g/mol. The molecule has 0 aliphatic rings. The van der Waals surface area contributed by atoms with E-state index in [1.165, 1.54) is 36.4 Å². The van der Waals surface area contributed by atoms with E-state index in [0.717, 1.165) is 0 Å². The Labute approximate surface area is 177 Å². The van der Waals surface area contributed by atoms with E-state index >= 15 is 0 Å². The Morgan fingerprint density at radius 3 is 0.862 bits per heavy atom. The first-order valence-corrected chi connectivity index (χ1v) is 7.77. The van der Waals surface area contributed by atoms with Crippen LogP contribution in [-0.4, -0.2) is 26.3 Å². The Hall–Kier alpha value is -3.42. The maximum Gasteiger partial charge on any atom is 0.220 e. The number of hydrogen-bond donors (Lipinski definition) is 3. The van der Waals surface area contributed by atoms with E-state index in [-0.39, 0.29) is 56.9 Å². The molecule has 0 saturated carbocycles. The summed E-state index contributed by atoms with van der Waals surface area (Å²) in [5.41, 5.74) is -1.04. The third-order valence-electron chi connectivity index (χ3n) is 2.93. The first kappa shape index (κ1) is 27.8. The predicted molar refractivity (Wildman–Crippen MR) is 122 cm³/mol. The zero-order valence-electron chi connectivity index (χ0n) is 14.6. The molecule has 0 bridgehead atoms. The van der Waals surface area contributed by atoms with Crippen LogP contribution < -0.4 is 16.3 Å². The lowest BCUT2D eigenvalue weighted by Crippen LogP contribution is -1.90. The van der Waals surface area contributed by atoms with Crippen molar-refractivity contribution in [2.24, 2.45) is 0 Å². The van der Waals surface area contributed by atoms with Gasteiger partial charge in [-0.15, -0.1) is 12.4 Å². The van der Waals surface area contributed by atoms with Crippen LogP contribution in [0.4, 0.5) is 0 Å². The molecular weight excluding hydrogens is 412 g/mol. The molecule has 0 aliphatic heterocycles. The second kappa shape index (κ2) is 15.6. The fourth-order valence-electron chi connectivity index (χ4n) is 1.56. The average Bonchev–Trinajstić information content (AvgIpc) is 3.04. The predicted octanol–water partition coefficient (Wildman–Crippen LogP) is 1.23. The van der Waals surface area contributed by atoms with Crippen molar-refractivity contribution in [3.63, 3.8) is 0 Å². The van der Waals surface area contributed by atoms with E-state index in [9.17, 15) is 14.4 Å². The minimum absolute atomic E-state index is 0. The minimum atomic E-state index is -0.347. The van der Waals surface area contributed by atoms with Crippen molar-refractivity contribution < 1.29 is 15.3 Å². The molecule has 0 unspecified atom stereocenters. The average molecular weight is 435 g/mol. The third kappa shape index (κ3) is 11.8. The Balaban J connectivity index is 0. The molecule has 0 aliphatic carbocycles. The summed E-state index contributed by atoms with van der Waals surface area (Å²) in [6, 6.07) is 22.7. The van der Waals surface area contributed by atoms with Gasteiger partial charge in [-0.05, 0) is 47.4 Å². The lowest BCUT2D eigenvalue weighted by atomic mass is 10.5. The molecule has 154 valence electrons. The van der Waals surface area contributed by atoms with E-state index in [2.05, 4.69) is 0 Å². The number of aromatic hydroxyl groups is 3. The van der Waals surface area contributed by atoms with Crippen molar-refractivity contribution in [1.29, 1.82) is 0 Å². The number of rotatable bonds is 0. The van der Waals surface area contributed by atoms with Gasteiger partial charge in [0.25, 0.3) is 0 Å². The minimum Gasteiger partial charge on any atom is -0.504 e. The molecule has 0 aromatic heterocycles. The van der Waals surface area contributed by atoms with Gasteiger partial charge in [-0.3, -0.25) is 14.4 Å². The van der Waals surface area contributed by atoms with Gasteiger partial charge < -0.3 is 15.3 Å². The number of hydrogen-bond acceptors (Lipinski definition) is 6. The van der Waals surface area contributed by atoms with Gasteiger partial charge in [0.05, 0.1) is 0 Å². The molecule has 0 amide bonds. The molecule has 0 fully saturated rings. The van der Waals surface area contributed by atoms with Crippen LogP contribution in [0.25, 0.3) is 0 Å². The van der Waals surface area contributed by atoms with Gasteiger partial charge in [0, 0.05) is 0 Å². The van der Waals surface area contributed by atoms with E-state index < -0.39 is 0 Å². The van der Waals surface area contributed by atoms with Gasteiger partial charge >= 0.3 is 0 Å². The molecule has 0 saturated heterocycles. The SMILES string of the molecule is Cl.O=c1cccccc1O.O=c1cccccc1O.O=c1cccccc1O.[SiH4]. The summed E-state index contributed by atoms with van der Waals surface area (Å²) in [5, 5.41) is 26.3. The van der Waals surface area contributed by atoms with Crippen LogP contribution in [0.1, 0.15) is 0 Å². The lowest BCUT2D eigenvalue weighted by Gasteiger charge is -1.74. The molecule has 29 heavy (non-hydrogen) atoms. The summed E-state index contributed by atoms with van der Waals surface area (Å²) in [5.74, 6) is -0.625. The van der Waals surface area contributed by atoms with E-state index in [0.29, 0.717) is 0 Å². The Kier molecular flexibility index (Phi) is 15.0. The van der Waals surface area contributed by atoms with Gasteiger partial charge in [-0.1, -0.05) is 54.6 Å². The molecular formula is C21H23ClO6Si. The number of halogens is 1. The standard InChI is InChI=1S/3C7H6O2.ClH.H4Si/c3*8-6-4-2-1-3-5-7(6)9;;/h3*1-5H,(H,8,9);1H;1H4. The second-order valence-corrected chi connectivity index (χ2v) is 4.98. The topological polar surface area (TPSA) is 112 Å². The highest BCUT2D eigenvalue weighted by Gasteiger charge is 1.87. The normalized spacial score (nSPS) is 8.28. The van der Waals surface area contributed by atoms with Gasteiger partial charge in [-0.2, -0.15) is 0 Å². The highest BCUT2D eigenvalue weighted by Crippen LogP contribution is 1.95. The van der Waals surface area contributed by atoms with E-state index in [1.807, 2.05) is 0 Å². The van der Waals surface area contributed by atoms with Crippen molar-refractivity contribution in [3.8, 4) is 17.2 Å². The first-order valence-electron chi connectivity index (χ1n) is 7.77. The van der Waals surface area contributed by atoms with Crippen molar-refractivity contribution in [2.75, 3.05) is 0 Å². The van der Waals surface area contributed by atoms with Crippen molar-refractivity contribution in [3.05, 3.63) is 122 Å². The quantitative estimate of drug-likeness (QED) is 0.459. The van der Waals surface area contributed by atoms with Gasteiger partial charge in [0.15, 0.2) is 17.2 Å². The molecule has 8 heteroatoms. The van der Waals surface area contributed by atoms with Crippen LogP contribution in [0.2, 0.25) is 0 Å². The van der Waals surface area contributed by atoms with Crippen LogP contribution in [0.15, 0.2) is 105 Å². The molecule has 6 nitrogen and oxygen atoms in total. The molecule has 3 aromatic rings. The first-order chi connectivity index (χ1) is 12.9. The summed E-state index contributed by atoms with van der Waals surface area (Å²) in [4.78, 5) is 31.7. The lowest BCUT2D eigenvalue weighted by molar-refractivity contribution is 0.470. The molecule has 0 radical (unpaired) electrons. The van der Waals surface area contributed by atoms with Crippen LogP contribution in [0.5, 0.6) is 17.2 Å². The van der Waals surface area contributed by atoms with Crippen LogP contribution in [0, 0.1) is 0 Å². The van der Waals surface area contributed by atoms with E-state index in [4.69, 9.17) is 15.3 Å². The van der Waals surface area contributed by atoms with Crippen LogP contribution in [-0.2, 0) is 0 Å². The molecule has 3 rings (SSSR count). The Bertz CT molecular complexity index is 912. The van der Waals surface area contributed by atoms with Crippen molar-refractivity contribution in [1.82, 2.24) is 0 Å². The van der Waals surface area contributed by atoms with Crippen molar-refractivity contribution in [2.45, 2.75) is 0 Å². The summed E-state index contributed by atoms with van der Waals surface area (Å²) in [6.45, 7) is 0. The maximum atomic E-state index is 10.6. The highest BCUT2D eigenvalue weighted by atomic mass is 35.5. The largest absolute Gasteiger partial charge is 0.504 e. The van der Waals surface area contributed by atoms with Gasteiger partial charge in [-0.25, -0.2) is 0 Å². The van der Waals surface area contributed by atoms with Gasteiger partial charge in [0.2, 0.25) is 16.3 Å². The van der Waals surface area contributed by atoms with Crippen molar-refractivity contribution >= 4 is 23.4 Å². The fraction of sp³-hybridized carbons (Fsp3) is 0. The van der Waals surface area contributed by atoms with Gasteiger partial charge in [0.1, 0.15) is 0 Å². The zero-order chi connectivity index (χ0) is 20.1. The van der Waals surface area contributed by atoms with E-state index in [1.54, 1.807) is 54.6 Å². The Morgan fingerprint density at radius 1 is 0.414 bits per heavy atom. The summed E-state index contributed by atoms with van der Waals surface area (Å²) in [7, 11) is 0.